The largest absolute Gasteiger partial charge is 0.356 e. The summed E-state index contributed by atoms with van der Waals surface area (Å²) in [7, 11) is 0. The van der Waals surface area contributed by atoms with Gasteiger partial charge in [0, 0.05) is 36.0 Å². The van der Waals surface area contributed by atoms with Gasteiger partial charge in [-0.25, -0.2) is 9.97 Å². The number of nitrogens with one attached hydrogen (secondary N) is 1. The normalized spacial score (nSPS) is 17.1. The smallest absolute Gasteiger partial charge is 0.261 e. The van der Waals surface area contributed by atoms with E-state index >= 15 is 0 Å². The van der Waals surface area contributed by atoms with E-state index in [-0.39, 0.29) is 11.9 Å². The maximum atomic E-state index is 12.5. The Labute approximate surface area is 195 Å². The molecule has 1 saturated carbocycles. The molecule has 6 rings (SSSR count). The number of rotatable bonds is 5. The Bertz CT molecular complexity index is 1240. The molecule has 1 aliphatic carbocycles. The van der Waals surface area contributed by atoms with Crippen molar-refractivity contribution < 1.29 is 4.79 Å². The third-order valence-electron chi connectivity index (χ3n) is 6.33. The fourth-order valence-corrected chi connectivity index (χ4v) is 6.00. The van der Waals surface area contributed by atoms with E-state index in [4.69, 9.17) is 9.97 Å². The number of aromatic nitrogens is 2. The van der Waals surface area contributed by atoms with Crippen LogP contribution in [0, 0.1) is 0 Å². The van der Waals surface area contributed by atoms with Crippen molar-refractivity contribution in [3.8, 4) is 11.1 Å². The number of benzene rings is 1. The van der Waals surface area contributed by atoms with Crippen molar-refractivity contribution in [1.82, 2.24) is 15.3 Å². The third-order valence-corrected chi connectivity index (χ3v) is 8.07. The molecule has 0 radical (unpaired) electrons. The van der Waals surface area contributed by atoms with Crippen molar-refractivity contribution in [3.63, 3.8) is 0 Å². The standard InChI is InChI=1S/C25H24N4OS2/c30-24(20-7-4-14-31-20)26-18-10-12-29(13-11-18)23-21-19(16-5-2-1-3-6-16)15-32-25(21)28-22(27-23)17-8-9-17/h1-7,14-15,17-18H,8-13H2,(H,26,30). The van der Waals surface area contributed by atoms with Crippen LogP contribution < -0.4 is 10.2 Å². The molecule has 162 valence electrons. The van der Waals surface area contributed by atoms with Crippen molar-refractivity contribution in [2.75, 3.05) is 18.0 Å². The van der Waals surface area contributed by atoms with Crippen molar-refractivity contribution in [1.29, 1.82) is 0 Å². The first kappa shape index (κ1) is 19.9. The summed E-state index contributed by atoms with van der Waals surface area (Å²) in [6.07, 6.45) is 4.23. The number of anilines is 1. The van der Waals surface area contributed by atoms with E-state index in [1.807, 2.05) is 17.5 Å². The number of thiophene rings is 2. The molecule has 0 atom stereocenters. The van der Waals surface area contributed by atoms with Crippen LogP contribution >= 0.6 is 22.7 Å². The van der Waals surface area contributed by atoms with Crippen molar-refractivity contribution in [3.05, 3.63) is 63.9 Å². The molecule has 5 nitrogen and oxygen atoms in total. The van der Waals surface area contributed by atoms with Gasteiger partial charge in [0.05, 0.1) is 10.3 Å². The summed E-state index contributed by atoms with van der Waals surface area (Å²) in [6, 6.07) is 14.5. The molecule has 1 aliphatic heterocycles. The Balaban J connectivity index is 1.29. The fraction of sp³-hybridized carbons (Fsp3) is 0.320. The first-order valence-corrected chi connectivity index (χ1v) is 13.0. The number of hydrogen-bond acceptors (Lipinski definition) is 6. The summed E-state index contributed by atoms with van der Waals surface area (Å²) in [5.74, 6) is 2.63. The molecule has 0 spiro atoms. The number of carbonyl (C=O) groups is 1. The molecule has 1 amide bonds. The van der Waals surface area contributed by atoms with Gasteiger partial charge in [0.1, 0.15) is 16.5 Å². The molecule has 0 bridgehead atoms. The highest BCUT2D eigenvalue weighted by Crippen LogP contribution is 2.43. The predicted octanol–water partition coefficient (Wildman–Crippen LogP) is 5.70. The Kier molecular flexibility index (Phi) is 5.15. The lowest BCUT2D eigenvalue weighted by atomic mass is 10.0. The highest BCUT2D eigenvalue weighted by Gasteiger charge is 2.31. The number of nitrogens with zero attached hydrogens (tertiary/aromatic N) is 3. The average Bonchev–Trinajstić information content (AvgIpc) is 3.36. The van der Waals surface area contributed by atoms with Crippen LogP contribution in [0.25, 0.3) is 21.3 Å². The minimum atomic E-state index is 0.0445. The zero-order valence-electron chi connectivity index (χ0n) is 17.7. The number of carbonyl (C=O) groups excluding carboxylic acids is 1. The molecule has 32 heavy (non-hydrogen) atoms. The number of fused-ring (bicyclic) bond motifs is 1. The van der Waals surface area contributed by atoms with Gasteiger partial charge in [-0.05, 0) is 42.7 Å². The quantitative estimate of drug-likeness (QED) is 0.415. The Morgan fingerprint density at radius 1 is 0.969 bits per heavy atom. The molecular weight excluding hydrogens is 436 g/mol. The van der Waals surface area contributed by atoms with E-state index in [0.29, 0.717) is 5.92 Å². The van der Waals surface area contributed by atoms with Gasteiger partial charge in [0.2, 0.25) is 0 Å². The molecule has 2 aliphatic rings. The predicted molar refractivity (Wildman–Crippen MR) is 132 cm³/mol. The summed E-state index contributed by atoms with van der Waals surface area (Å²) in [4.78, 5) is 26.8. The molecule has 1 aromatic carbocycles. The molecule has 4 heterocycles. The second-order valence-electron chi connectivity index (χ2n) is 8.59. The molecule has 7 heteroatoms. The van der Waals surface area contributed by atoms with Gasteiger partial charge in [0.25, 0.3) is 5.91 Å². The summed E-state index contributed by atoms with van der Waals surface area (Å²) < 4.78 is 0. The van der Waals surface area contributed by atoms with Gasteiger partial charge < -0.3 is 10.2 Å². The zero-order chi connectivity index (χ0) is 21.5. The fourth-order valence-electron chi connectivity index (χ4n) is 4.42. The van der Waals surface area contributed by atoms with E-state index in [0.717, 1.165) is 47.3 Å². The number of amides is 1. The zero-order valence-corrected chi connectivity index (χ0v) is 19.3. The summed E-state index contributed by atoms with van der Waals surface area (Å²) in [5.41, 5.74) is 2.43. The second kappa shape index (κ2) is 8.30. The van der Waals surface area contributed by atoms with Crippen LogP contribution in [0.1, 0.15) is 47.1 Å². The highest BCUT2D eigenvalue weighted by atomic mass is 32.1. The minimum Gasteiger partial charge on any atom is -0.356 e. The van der Waals surface area contributed by atoms with Crippen LogP contribution in [-0.2, 0) is 0 Å². The highest BCUT2D eigenvalue weighted by molar-refractivity contribution is 7.17. The lowest BCUT2D eigenvalue weighted by Crippen LogP contribution is -2.45. The van der Waals surface area contributed by atoms with Gasteiger partial charge in [-0.1, -0.05) is 36.4 Å². The van der Waals surface area contributed by atoms with Gasteiger partial charge in [-0.2, -0.15) is 0 Å². The first-order valence-electron chi connectivity index (χ1n) is 11.2. The molecule has 2 fully saturated rings. The molecule has 1 N–H and O–H groups in total. The van der Waals surface area contributed by atoms with Crippen LogP contribution in [0.2, 0.25) is 0 Å². The Morgan fingerprint density at radius 2 is 1.78 bits per heavy atom. The van der Waals surface area contributed by atoms with E-state index in [1.165, 1.54) is 40.7 Å². The summed E-state index contributed by atoms with van der Waals surface area (Å²) in [5, 5.41) is 8.56. The lowest BCUT2D eigenvalue weighted by molar-refractivity contribution is 0.0935. The van der Waals surface area contributed by atoms with E-state index in [2.05, 4.69) is 45.9 Å². The summed E-state index contributed by atoms with van der Waals surface area (Å²) >= 11 is 3.21. The van der Waals surface area contributed by atoms with Crippen LogP contribution in [0.4, 0.5) is 5.82 Å². The van der Waals surface area contributed by atoms with Gasteiger partial charge in [0.15, 0.2) is 0 Å². The Morgan fingerprint density at radius 3 is 2.50 bits per heavy atom. The minimum absolute atomic E-state index is 0.0445. The van der Waals surface area contributed by atoms with Gasteiger partial charge in [-0.15, -0.1) is 22.7 Å². The summed E-state index contributed by atoms with van der Waals surface area (Å²) in [6.45, 7) is 1.77. The van der Waals surface area contributed by atoms with Crippen molar-refractivity contribution in [2.45, 2.75) is 37.6 Å². The van der Waals surface area contributed by atoms with Crippen LogP contribution in [0.5, 0.6) is 0 Å². The maximum Gasteiger partial charge on any atom is 0.261 e. The third kappa shape index (κ3) is 3.80. The SMILES string of the molecule is O=C(NC1CCN(c2nc(C3CC3)nc3scc(-c4ccccc4)c23)CC1)c1cccs1. The molecular formula is C25H24N4OS2. The number of piperidine rings is 1. The molecule has 4 aromatic rings. The van der Waals surface area contributed by atoms with Crippen LogP contribution in [0.15, 0.2) is 53.2 Å². The van der Waals surface area contributed by atoms with Crippen LogP contribution in [0.3, 0.4) is 0 Å². The van der Waals surface area contributed by atoms with Crippen molar-refractivity contribution in [2.24, 2.45) is 0 Å². The average molecular weight is 461 g/mol. The van der Waals surface area contributed by atoms with E-state index in [1.54, 1.807) is 11.3 Å². The number of hydrogen-bond donors (Lipinski definition) is 1. The molecule has 3 aromatic heterocycles. The Hall–Kier alpha value is -2.77. The molecule has 1 saturated heterocycles. The monoisotopic (exact) mass is 460 g/mol. The first-order chi connectivity index (χ1) is 15.8. The van der Waals surface area contributed by atoms with E-state index < -0.39 is 0 Å². The van der Waals surface area contributed by atoms with E-state index in [9.17, 15) is 4.79 Å². The van der Waals surface area contributed by atoms with Gasteiger partial charge >= 0.3 is 0 Å². The maximum absolute atomic E-state index is 12.5. The van der Waals surface area contributed by atoms with Crippen LogP contribution in [-0.4, -0.2) is 35.0 Å². The van der Waals surface area contributed by atoms with Gasteiger partial charge in [-0.3, -0.25) is 4.79 Å². The lowest BCUT2D eigenvalue weighted by Gasteiger charge is -2.33. The molecule has 0 unspecified atom stereocenters. The van der Waals surface area contributed by atoms with Crippen molar-refractivity contribution >= 4 is 44.6 Å². The topological polar surface area (TPSA) is 58.1 Å². The second-order valence-corrected chi connectivity index (χ2v) is 10.4.